The summed E-state index contributed by atoms with van der Waals surface area (Å²) in [5.41, 5.74) is 0.440. The molecule has 2 aromatic rings. The lowest BCUT2D eigenvalue weighted by atomic mass is 10.0. The topological polar surface area (TPSA) is 95.9 Å². The molecule has 1 amide bonds. The Balaban J connectivity index is 2.45. The fourth-order valence-corrected chi connectivity index (χ4v) is 1.98. The molecular weight excluding hydrogens is 274 g/mol. The number of phenolic OH excluding ortho intramolecular Hbond substituents is 1. The van der Waals surface area contributed by atoms with Crippen LogP contribution < -0.4 is 5.32 Å². The smallest absolute Gasteiger partial charge is 0.337 e. The molecule has 6 nitrogen and oxygen atoms in total. The number of esters is 1. The first-order chi connectivity index (χ1) is 10.1. The van der Waals surface area contributed by atoms with Gasteiger partial charge in [0, 0.05) is 6.54 Å². The van der Waals surface area contributed by atoms with Crippen LogP contribution in [0.5, 0.6) is 5.75 Å². The molecule has 0 bridgehead atoms. The maximum atomic E-state index is 11.9. The van der Waals surface area contributed by atoms with Gasteiger partial charge in [-0.25, -0.2) is 4.79 Å². The van der Waals surface area contributed by atoms with Crippen molar-refractivity contribution in [1.29, 1.82) is 0 Å². The molecule has 2 aromatic carbocycles. The zero-order valence-electron chi connectivity index (χ0n) is 11.4. The second kappa shape index (κ2) is 6.23. The molecule has 6 heteroatoms. The number of benzene rings is 2. The fourth-order valence-electron chi connectivity index (χ4n) is 1.98. The van der Waals surface area contributed by atoms with Crippen LogP contribution in [0.1, 0.15) is 20.7 Å². The number of ether oxygens (including phenoxy) is 1. The van der Waals surface area contributed by atoms with Gasteiger partial charge in [0.25, 0.3) is 5.91 Å². The molecule has 0 aliphatic rings. The van der Waals surface area contributed by atoms with Crippen molar-refractivity contribution in [3.63, 3.8) is 0 Å². The Morgan fingerprint density at radius 2 is 1.95 bits per heavy atom. The van der Waals surface area contributed by atoms with E-state index in [0.717, 1.165) is 0 Å². The number of hydrogen-bond donors (Lipinski definition) is 3. The quantitative estimate of drug-likeness (QED) is 0.731. The van der Waals surface area contributed by atoms with Crippen molar-refractivity contribution in [3.8, 4) is 5.75 Å². The molecule has 0 aromatic heterocycles. The number of aliphatic hydroxyl groups excluding tert-OH is 1. The molecule has 0 atom stereocenters. The summed E-state index contributed by atoms with van der Waals surface area (Å²) < 4.78 is 4.64. The number of rotatable bonds is 4. The molecule has 0 heterocycles. The molecule has 2 rings (SSSR count). The fraction of sp³-hybridized carbons (Fsp3) is 0.200. The highest BCUT2D eigenvalue weighted by Crippen LogP contribution is 2.26. The highest BCUT2D eigenvalue weighted by atomic mass is 16.5. The Hall–Kier alpha value is -2.60. The summed E-state index contributed by atoms with van der Waals surface area (Å²) in [6.45, 7) is -0.0922. The van der Waals surface area contributed by atoms with Gasteiger partial charge in [-0.1, -0.05) is 6.07 Å². The van der Waals surface area contributed by atoms with Crippen LogP contribution >= 0.6 is 0 Å². The van der Waals surface area contributed by atoms with Crippen molar-refractivity contribution >= 4 is 22.6 Å². The second-order valence-electron chi connectivity index (χ2n) is 4.40. The van der Waals surface area contributed by atoms with E-state index in [9.17, 15) is 14.7 Å². The monoisotopic (exact) mass is 289 g/mol. The molecular formula is C15H15NO5. The van der Waals surface area contributed by atoms with Gasteiger partial charge in [0.15, 0.2) is 0 Å². The molecule has 0 saturated carbocycles. The van der Waals surface area contributed by atoms with E-state index in [1.807, 2.05) is 0 Å². The number of hydrogen-bond acceptors (Lipinski definition) is 5. The highest BCUT2D eigenvalue weighted by molar-refractivity contribution is 6.03. The number of carbonyl (C=O) groups is 2. The van der Waals surface area contributed by atoms with Crippen molar-refractivity contribution in [2.24, 2.45) is 0 Å². The minimum absolute atomic E-state index is 0.0814. The van der Waals surface area contributed by atoms with E-state index in [1.165, 1.54) is 19.2 Å². The molecule has 0 aliphatic carbocycles. The Morgan fingerprint density at radius 3 is 2.62 bits per heavy atom. The van der Waals surface area contributed by atoms with Gasteiger partial charge >= 0.3 is 5.97 Å². The predicted molar refractivity (Wildman–Crippen MR) is 76.4 cm³/mol. The first-order valence-electron chi connectivity index (χ1n) is 6.31. The second-order valence-corrected chi connectivity index (χ2v) is 4.40. The number of aliphatic hydroxyl groups is 1. The third-order valence-electron chi connectivity index (χ3n) is 3.02. The van der Waals surface area contributed by atoms with Crippen LogP contribution in [0.4, 0.5) is 0 Å². The van der Waals surface area contributed by atoms with Crippen molar-refractivity contribution in [2.75, 3.05) is 20.3 Å². The summed E-state index contributed by atoms with van der Waals surface area (Å²) in [6, 6.07) is 7.77. The lowest BCUT2D eigenvalue weighted by Gasteiger charge is -2.08. The summed E-state index contributed by atoms with van der Waals surface area (Å²) in [4.78, 5) is 23.4. The van der Waals surface area contributed by atoms with E-state index in [1.54, 1.807) is 18.2 Å². The zero-order chi connectivity index (χ0) is 15.4. The maximum absolute atomic E-state index is 11.9. The first-order valence-corrected chi connectivity index (χ1v) is 6.31. The van der Waals surface area contributed by atoms with E-state index < -0.39 is 11.9 Å². The zero-order valence-corrected chi connectivity index (χ0v) is 11.4. The van der Waals surface area contributed by atoms with Crippen molar-refractivity contribution in [3.05, 3.63) is 41.5 Å². The van der Waals surface area contributed by atoms with Gasteiger partial charge < -0.3 is 20.3 Å². The average molecular weight is 289 g/mol. The minimum atomic E-state index is -0.494. The Labute approximate surface area is 121 Å². The van der Waals surface area contributed by atoms with Crippen molar-refractivity contribution in [2.45, 2.75) is 0 Å². The summed E-state index contributed by atoms with van der Waals surface area (Å²) in [5.74, 6) is -1.13. The molecule has 110 valence electrons. The lowest BCUT2D eigenvalue weighted by molar-refractivity contribution is 0.0600. The first kappa shape index (κ1) is 14.8. The van der Waals surface area contributed by atoms with Gasteiger partial charge in [0.05, 0.1) is 24.8 Å². The van der Waals surface area contributed by atoms with Gasteiger partial charge in [-0.05, 0) is 35.0 Å². The van der Waals surface area contributed by atoms with Crippen LogP contribution in [-0.2, 0) is 4.74 Å². The van der Waals surface area contributed by atoms with Crippen LogP contribution in [0.2, 0.25) is 0 Å². The van der Waals surface area contributed by atoms with Crippen molar-refractivity contribution < 1.29 is 24.5 Å². The van der Waals surface area contributed by atoms with Gasteiger partial charge in [-0.3, -0.25) is 4.79 Å². The normalized spacial score (nSPS) is 10.4. The Kier molecular flexibility index (Phi) is 4.39. The molecule has 0 aliphatic heterocycles. The highest BCUT2D eigenvalue weighted by Gasteiger charge is 2.13. The third-order valence-corrected chi connectivity index (χ3v) is 3.02. The molecule has 0 spiro atoms. The van der Waals surface area contributed by atoms with Crippen molar-refractivity contribution in [1.82, 2.24) is 5.32 Å². The number of amides is 1. The third kappa shape index (κ3) is 3.11. The number of nitrogens with one attached hydrogen (secondary N) is 1. The lowest BCUT2D eigenvalue weighted by Crippen LogP contribution is -2.26. The van der Waals surface area contributed by atoms with Crippen LogP contribution in [0.15, 0.2) is 30.3 Å². The summed E-state index contributed by atoms with van der Waals surface area (Å²) in [5, 5.41) is 22.4. The maximum Gasteiger partial charge on any atom is 0.337 e. The van der Waals surface area contributed by atoms with Gasteiger partial charge in [-0.2, -0.15) is 0 Å². The summed E-state index contributed by atoms with van der Waals surface area (Å²) >= 11 is 0. The number of aromatic hydroxyl groups is 1. The average Bonchev–Trinajstić information content (AvgIpc) is 2.50. The Morgan fingerprint density at radius 1 is 1.19 bits per heavy atom. The van der Waals surface area contributed by atoms with E-state index in [-0.39, 0.29) is 24.5 Å². The number of fused-ring (bicyclic) bond motifs is 1. The molecule has 0 unspecified atom stereocenters. The number of carbonyl (C=O) groups excluding carboxylic acids is 2. The Bertz CT molecular complexity index is 696. The minimum Gasteiger partial charge on any atom is -0.507 e. The van der Waals surface area contributed by atoms with Crippen LogP contribution in [-0.4, -0.2) is 42.4 Å². The van der Waals surface area contributed by atoms with Crippen LogP contribution in [0.3, 0.4) is 0 Å². The van der Waals surface area contributed by atoms with Gasteiger partial charge in [-0.15, -0.1) is 0 Å². The number of methoxy groups -OCH3 is 1. The predicted octanol–water partition coefficient (Wildman–Crippen LogP) is 1.05. The summed E-state index contributed by atoms with van der Waals surface area (Å²) in [6.07, 6.45) is 0. The van der Waals surface area contributed by atoms with E-state index in [2.05, 4.69) is 10.1 Å². The van der Waals surface area contributed by atoms with E-state index in [4.69, 9.17) is 5.11 Å². The van der Waals surface area contributed by atoms with Crippen LogP contribution in [0, 0.1) is 0 Å². The molecule has 3 N–H and O–H groups in total. The van der Waals surface area contributed by atoms with Gasteiger partial charge in [0.1, 0.15) is 5.75 Å². The number of phenols is 1. The molecule has 0 saturated heterocycles. The summed E-state index contributed by atoms with van der Waals surface area (Å²) in [7, 11) is 1.29. The SMILES string of the molecule is COC(=O)c1ccc2cc(O)c(C(=O)NCCO)cc2c1. The van der Waals surface area contributed by atoms with E-state index in [0.29, 0.717) is 16.3 Å². The largest absolute Gasteiger partial charge is 0.507 e. The molecule has 21 heavy (non-hydrogen) atoms. The van der Waals surface area contributed by atoms with Gasteiger partial charge in [0.2, 0.25) is 0 Å². The molecule has 0 radical (unpaired) electrons. The van der Waals surface area contributed by atoms with E-state index >= 15 is 0 Å². The molecule has 0 fully saturated rings. The van der Waals surface area contributed by atoms with Crippen LogP contribution in [0.25, 0.3) is 10.8 Å². The standard InChI is InChI=1S/C15H15NO5/c1-21-15(20)10-3-2-9-8-13(18)12(7-11(9)6-10)14(19)16-4-5-17/h2-3,6-8,17-18H,4-5H2,1H3,(H,16,19).